The molecule has 1 aliphatic heterocycles. The summed E-state index contributed by atoms with van der Waals surface area (Å²) in [6.45, 7) is 6.32. The van der Waals surface area contributed by atoms with Crippen molar-refractivity contribution in [3.05, 3.63) is 47.3 Å². The van der Waals surface area contributed by atoms with Gasteiger partial charge in [0, 0.05) is 17.3 Å². The van der Waals surface area contributed by atoms with E-state index in [2.05, 4.69) is 33.9 Å². The second-order valence-electron chi connectivity index (χ2n) is 6.06. The van der Waals surface area contributed by atoms with Crippen LogP contribution in [-0.4, -0.2) is 39.0 Å². The zero-order chi connectivity index (χ0) is 16.4. The maximum atomic E-state index is 11.1. The molecule has 0 spiro atoms. The molecule has 1 aromatic heterocycles. The highest BCUT2D eigenvalue weighted by atomic mass is 16.4. The second kappa shape index (κ2) is 6.46. The summed E-state index contributed by atoms with van der Waals surface area (Å²) in [5.41, 5.74) is 2.79. The first-order valence-electron chi connectivity index (χ1n) is 7.98. The first-order valence-corrected chi connectivity index (χ1v) is 7.98. The molecule has 1 unspecified atom stereocenters. The number of hydrogen-bond donors (Lipinski definition) is 1. The Hall–Kier alpha value is -2.27. The van der Waals surface area contributed by atoms with Crippen molar-refractivity contribution in [3.8, 4) is 11.4 Å². The van der Waals surface area contributed by atoms with Crippen LogP contribution in [0.4, 0.5) is 0 Å². The van der Waals surface area contributed by atoms with Crippen LogP contribution in [0.2, 0.25) is 0 Å². The molecule has 1 aliphatic rings. The molecule has 5 nitrogen and oxygen atoms in total. The van der Waals surface area contributed by atoms with Gasteiger partial charge < -0.3 is 5.11 Å². The molecule has 1 atom stereocenters. The zero-order valence-corrected chi connectivity index (χ0v) is 13.5. The van der Waals surface area contributed by atoms with Crippen LogP contribution in [0.1, 0.15) is 47.6 Å². The Morgan fingerprint density at radius 2 is 1.83 bits per heavy atom. The summed E-state index contributed by atoms with van der Waals surface area (Å²) < 4.78 is 0. The summed E-state index contributed by atoms with van der Waals surface area (Å²) in [7, 11) is 0. The highest BCUT2D eigenvalue weighted by Crippen LogP contribution is 2.26. The molecule has 1 saturated heterocycles. The molecule has 120 valence electrons. The Morgan fingerprint density at radius 1 is 1.17 bits per heavy atom. The summed E-state index contributed by atoms with van der Waals surface area (Å²) >= 11 is 0. The summed E-state index contributed by atoms with van der Waals surface area (Å²) in [6.07, 6.45) is 2.55. The number of nitrogens with zero attached hydrogens (tertiary/aromatic N) is 3. The SMILES string of the molecule is Cc1cc(C(=O)O)nc(-c2ccc(C(C)N3CCCC3)cc2)n1. The predicted molar refractivity (Wildman–Crippen MR) is 88.4 cm³/mol. The Bertz CT molecular complexity index is 707. The minimum absolute atomic E-state index is 0.0296. The van der Waals surface area contributed by atoms with Crippen molar-refractivity contribution in [1.82, 2.24) is 14.9 Å². The second-order valence-corrected chi connectivity index (χ2v) is 6.06. The molecule has 23 heavy (non-hydrogen) atoms. The number of carboxylic acid groups (broad SMARTS) is 1. The van der Waals surface area contributed by atoms with Crippen LogP contribution < -0.4 is 0 Å². The van der Waals surface area contributed by atoms with Gasteiger partial charge in [-0.1, -0.05) is 24.3 Å². The molecule has 2 heterocycles. The molecule has 0 radical (unpaired) electrons. The van der Waals surface area contributed by atoms with Crippen LogP contribution in [0.5, 0.6) is 0 Å². The van der Waals surface area contributed by atoms with Gasteiger partial charge in [0.05, 0.1) is 0 Å². The lowest BCUT2D eigenvalue weighted by Crippen LogP contribution is -2.23. The van der Waals surface area contributed by atoms with Gasteiger partial charge in [-0.25, -0.2) is 14.8 Å². The Balaban J connectivity index is 1.86. The van der Waals surface area contributed by atoms with Crippen LogP contribution in [0.3, 0.4) is 0 Å². The van der Waals surface area contributed by atoms with Crippen LogP contribution in [0.15, 0.2) is 30.3 Å². The van der Waals surface area contributed by atoms with Crippen LogP contribution in [0, 0.1) is 6.92 Å². The molecule has 0 saturated carbocycles. The lowest BCUT2D eigenvalue weighted by molar-refractivity contribution is 0.0690. The van der Waals surface area contributed by atoms with Crippen LogP contribution >= 0.6 is 0 Å². The highest BCUT2D eigenvalue weighted by molar-refractivity contribution is 5.86. The lowest BCUT2D eigenvalue weighted by Gasteiger charge is -2.24. The van der Waals surface area contributed by atoms with Gasteiger partial charge in [-0.3, -0.25) is 4.90 Å². The van der Waals surface area contributed by atoms with E-state index in [4.69, 9.17) is 5.11 Å². The highest BCUT2D eigenvalue weighted by Gasteiger charge is 2.19. The number of likely N-dealkylation sites (tertiary alicyclic amines) is 1. The summed E-state index contributed by atoms with van der Waals surface area (Å²) in [6, 6.07) is 10.0. The maximum Gasteiger partial charge on any atom is 0.354 e. The number of hydrogen-bond acceptors (Lipinski definition) is 4. The van der Waals surface area contributed by atoms with E-state index < -0.39 is 5.97 Å². The molecule has 1 aromatic carbocycles. The molecule has 1 N–H and O–H groups in total. The maximum absolute atomic E-state index is 11.1. The smallest absolute Gasteiger partial charge is 0.354 e. The van der Waals surface area contributed by atoms with Crippen molar-refractivity contribution in [2.24, 2.45) is 0 Å². The Labute approximate surface area is 136 Å². The van der Waals surface area contributed by atoms with Crippen molar-refractivity contribution in [3.63, 3.8) is 0 Å². The van der Waals surface area contributed by atoms with E-state index in [1.165, 1.54) is 24.5 Å². The molecule has 3 rings (SSSR count). The lowest BCUT2D eigenvalue weighted by atomic mass is 10.0. The monoisotopic (exact) mass is 311 g/mol. The van der Waals surface area contributed by atoms with Crippen molar-refractivity contribution in [2.75, 3.05) is 13.1 Å². The molecule has 0 bridgehead atoms. The van der Waals surface area contributed by atoms with Crippen molar-refractivity contribution in [1.29, 1.82) is 0 Å². The first kappa shape index (κ1) is 15.6. The van der Waals surface area contributed by atoms with Gasteiger partial charge in [-0.05, 0) is 51.4 Å². The molecule has 0 amide bonds. The number of aromatic carboxylic acids is 1. The fourth-order valence-electron chi connectivity index (χ4n) is 3.06. The van der Waals surface area contributed by atoms with E-state index >= 15 is 0 Å². The third-order valence-electron chi connectivity index (χ3n) is 4.41. The van der Waals surface area contributed by atoms with Gasteiger partial charge in [0.15, 0.2) is 11.5 Å². The van der Waals surface area contributed by atoms with Crippen LogP contribution in [-0.2, 0) is 0 Å². The van der Waals surface area contributed by atoms with E-state index in [9.17, 15) is 4.79 Å². The topological polar surface area (TPSA) is 66.3 Å². The largest absolute Gasteiger partial charge is 0.477 e. The van der Waals surface area contributed by atoms with Crippen molar-refractivity contribution < 1.29 is 9.90 Å². The van der Waals surface area contributed by atoms with E-state index in [1.807, 2.05) is 12.1 Å². The zero-order valence-electron chi connectivity index (χ0n) is 13.5. The van der Waals surface area contributed by atoms with Gasteiger partial charge in [0.25, 0.3) is 0 Å². The number of benzene rings is 1. The molecule has 2 aromatic rings. The number of aromatic nitrogens is 2. The number of carbonyl (C=O) groups is 1. The van der Waals surface area contributed by atoms with E-state index in [0.717, 1.165) is 18.7 Å². The number of aryl methyl sites for hydroxylation is 1. The van der Waals surface area contributed by atoms with Crippen molar-refractivity contribution >= 4 is 5.97 Å². The molecule has 5 heteroatoms. The Kier molecular flexibility index (Phi) is 4.39. The third-order valence-corrected chi connectivity index (χ3v) is 4.41. The van der Waals surface area contributed by atoms with E-state index in [1.54, 1.807) is 6.92 Å². The third kappa shape index (κ3) is 3.40. The predicted octanol–water partition coefficient (Wildman–Crippen LogP) is 3.31. The number of carboxylic acids is 1. The molecular formula is C18H21N3O2. The van der Waals surface area contributed by atoms with E-state index in [0.29, 0.717) is 17.6 Å². The number of rotatable bonds is 4. The normalized spacial score (nSPS) is 16.4. The average molecular weight is 311 g/mol. The van der Waals surface area contributed by atoms with Gasteiger partial charge in [-0.2, -0.15) is 0 Å². The Morgan fingerprint density at radius 3 is 2.43 bits per heavy atom. The van der Waals surface area contributed by atoms with Gasteiger partial charge in [-0.15, -0.1) is 0 Å². The minimum Gasteiger partial charge on any atom is -0.477 e. The van der Waals surface area contributed by atoms with Gasteiger partial charge in [0.2, 0.25) is 0 Å². The molecular weight excluding hydrogens is 290 g/mol. The minimum atomic E-state index is -1.03. The fourth-order valence-corrected chi connectivity index (χ4v) is 3.06. The van der Waals surface area contributed by atoms with Crippen LogP contribution in [0.25, 0.3) is 11.4 Å². The molecule has 0 aliphatic carbocycles. The standard InChI is InChI=1S/C18H21N3O2/c1-12-11-16(18(22)23)20-17(19-12)15-7-5-14(6-8-15)13(2)21-9-3-4-10-21/h5-8,11,13H,3-4,9-10H2,1-2H3,(H,22,23). The molecule has 1 fully saturated rings. The van der Waals surface area contributed by atoms with E-state index in [-0.39, 0.29) is 5.69 Å². The quantitative estimate of drug-likeness (QED) is 0.938. The van der Waals surface area contributed by atoms with Gasteiger partial charge in [0.1, 0.15) is 0 Å². The fraction of sp³-hybridized carbons (Fsp3) is 0.389. The first-order chi connectivity index (χ1) is 11.0. The van der Waals surface area contributed by atoms with Crippen molar-refractivity contribution in [2.45, 2.75) is 32.7 Å². The summed E-state index contributed by atoms with van der Waals surface area (Å²) in [5.74, 6) is -0.571. The summed E-state index contributed by atoms with van der Waals surface area (Å²) in [5, 5.41) is 9.12. The summed E-state index contributed by atoms with van der Waals surface area (Å²) in [4.78, 5) is 22.1. The average Bonchev–Trinajstić information content (AvgIpc) is 3.08. The van der Waals surface area contributed by atoms with Gasteiger partial charge >= 0.3 is 5.97 Å².